The van der Waals surface area contributed by atoms with E-state index in [-0.39, 0.29) is 35.2 Å². The normalized spacial score (nSPS) is 10.4. The van der Waals surface area contributed by atoms with Gasteiger partial charge in [0.1, 0.15) is 6.33 Å². The van der Waals surface area contributed by atoms with Crippen LogP contribution in [0, 0.1) is 21.7 Å². The summed E-state index contributed by atoms with van der Waals surface area (Å²) in [6, 6.07) is 9.17. The van der Waals surface area contributed by atoms with E-state index in [1.165, 1.54) is 18.2 Å². The Morgan fingerprint density at radius 1 is 1.10 bits per heavy atom. The zero-order chi connectivity index (χ0) is 21.7. The number of rotatable bonds is 7. The number of hydrogen-bond donors (Lipinski definition) is 2. The molecule has 0 saturated carbocycles. The summed E-state index contributed by atoms with van der Waals surface area (Å²) < 4.78 is 31.6. The topological polar surface area (TPSA) is 119 Å². The van der Waals surface area contributed by atoms with Gasteiger partial charge in [0.15, 0.2) is 11.6 Å². The van der Waals surface area contributed by atoms with Crippen LogP contribution >= 0.6 is 0 Å². The van der Waals surface area contributed by atoms with Gasteiger partial charge in [-0.05, 0) is 31.2 Å². The molecule has 1 heterocycles. The van der Waals surface area contributed by atoms with Crippen molar-refractivity contribution in [3.8, 4) is 0 Å². The van der Waals surface area contributed by atoms with Gasteiger partial charge in [-0.3, -0.25) is 10.1 Å². The molecule has 30 heavy (non-hydrogen) atoms. The molecule has 1 aromatic heterocycles. The number of para-hydroxylation sites is 1. The number of ether oxygens (including phenoxy) is 1. The number of hydrogen-bond acceptors (Lipinski definition) is 8. The lowest BCUT2D eigenvalue weighted by Gasteiger charge is -2.12. The van der Waals surface area contributed by atoms with Crippen molar-refractivity contribution in [3.05, 3.63) is 76.1 Å². The van der Waals surface area contributed by atoms with Gasteiger partial charge < -0.3 is 15.4 Å². The molecule has 0 fully saturated rings. The van der Waals surface area contributed by atoms with E-state index < -0.39 is 28.2 Å². The number of halogens is 2. The van der Waals surface area contributed by atoms with Gasteiger partial charge in [0.2, 0.25) is 11.6 Å². The molecule has 3 rings (SSSR count). The highest BCUT2D eigenvalue weighted by Gasteiger charge is 2.25. The van der Waals surface area contributed by atoms with Gasteiger partial charge in [-0.2, -0.15) is 0 Å². The minimum Gasteiger partial charge on any atom is -0.462 e. The summed E-state index contributed by atoms with van der Waals surface area (Å²) in [5.41, 5.74) is -0.117. The quantitative estimate of drug-likeness (QED) is 0.332. The van der Waals surface area contributed by atoms with E-state index in [1.54, 1.807) is 19.1 Å². The highest BCUT2D eigenvalue weighted by molar-refractivity contribution is 5.97. The van der Waals surface area contributed by atoms with Crippen LogP contribution in [-0.4, -0.2) is 27.5 Å². The second-order valence-corrected chi connectivity index (χ2v) is 5.82. The molecule has 9 nitrogen and oxygen atoms in total. The monoisotopic (exact) mass is 415 g/mol. The maximum atomic E-state index is 13.5. The van der Waals surface area contributed by atoms with E-state index in [1.807, 2.05) is 0 Å². The molecule has 3 aromatic rings. The van der Waals surface area contributed by atoms with Crippen molar-refractivity contribution >= 4 is 34.7 Å². The SMILES string of the molecule is CCOC(=O)c1ccccc1Nc1ncnc(Nc2ccc(F)c(F)c2)c1[N+](=O)[O-]. The number of nitrogens with zero attached hydrogens (tertiary/aromatic N) is 3. The number of aromatic nitrogens is 2. The molecule has 0 atom stereocenters. The van der Waals surface area contributed by atoms with E-state index in [0.717, 1.165) is 18.5 Å². The van der Waals surface area contributed by atoms with Crippen LogP contribution in [0.3, 0.4) is 0 Å². The van der Waals surface area contributed by atoms with Crippen LogP contribution in [0.4, 0.5) is 37.5 Å². The van der Waals surface area contributed by atoms with Crippen LogP contribution in [0.25, 0.3) is 0 Å². The lowest BCUT2D eigenvalue weighted by Crippen LogP contribution is -2.10. The predicted octanol–water partition coefficient (Wildman–Crippen LogP) is 4.33. The number of esters is 1. The fourth-order valence-electron chi connectivity index (χ4n) is 2.55. The molecule has 11 heteroatoms. The minimum absolute atomic E-state index is 0.0496. The van der Waals surface area contributed by atoms with E-state index >= 15 is 0 Å². The zero-order valence-corrected chi connectivity index (χ0v) is 15.6. The molecular formula is C19H15F2N5O4. The lowest BCUT2D eigenvalue weighted by molar-refractivity contribution is -0.383. The average molecular weight is 415 g/mol. The summed E-state index contributed by atoms with van der Waals surface area (Å²) in [7, 11) is 0. The molecule has 0 amide bonds. The number of carbonyl (C=O) groups is 1. The van der Waals surface area contributed by atoms with E-state index in [2.05, 4.69) is 20.6 Å². The first-order valence-corrected chi connectivity index (χ1v) is 8.65. The van der Waals surface area contributed by atoms with Gasteiger partial charge in [-0.25, -0.2) is 23.5 Å². The molecule has 0 saturated heterocycles. The Bertz CT molecular complexity index is 1110. The van der Waals surface area contributed by atoms with Crippen LogP contribution in [-0.2, 0) is 4.74 Å². The van der Waals surface area contributed by atoms with Crippen molar-refractivity contribution in [2.45, 2.75) is 6.92 Å². The first kappa shape index (κ1) is 20.6. The molecule has 0 aliphatic rings. The summed E-state index contributed by atoms with van der Waals surface area (Å²) in [5.74, 6) is -3.26. The van der Waals surface area contributed by atoms with Crippen molar-refractivity contribution in [3.63, 3.8) is 0 Å². The van der Waals surface area contributed by atoms with Crippen LogP contribution in [0.15, 0.2) is 48.8 Å². The van der Waals surface area contributed by atoms with Gasteiger partial charge >= 0.3 is 11.7 Å². The molecule has 0 bridgehead atoms. The number of carbonyl (C=O) groups excluding carboxylic acids is 1. The largest absolute Gasteiger partial charge is 0.462 e. The number of benzene rings is 2. The zero-order valence-electron chi connectivity index (χ0n) is 15.6. The second kappa shape index (κ2) is 8.90. The van der Waals surface area contributed by atoms with Crippen LogP contribution in [0.2, 0.25) is 0 Å². The minimum atomic E-state index is -1.13. The summed E-state index contributed by atoms with van der Waals surface area (Å²) in [4.78, 5) is 30.8. The van der Waals surface area contributed by atoms with E-state index in [0.29, 0.717) is 0 Å². The molecular weight excluding hydrogens is 400 g/mol. The van der Waals surface area contributed by atoms with E-state index in [9.17, 15) is 23.7 Å². The van der Waals surface area contributed by atoms with Crippen molar-refractivity contribution in [2.24, 2.45) is 0 Å². The summed E-state index contributed by atoms with van der Waals surface area (Å²) >= 11 is 0. The maximum absolute atomic E-state index is 13.5. The average Bonchev–Trinajstić information content (AvgIpc) is 2.71. The second-order valence-electron chi connectivity index (χ2n) is 5.82. The summed E-state index contributed by atoms with van der Waals surface area (Å²) in [5, 5.41) is 17.0. The first-order chi connectivity index (χ1) is 14.4. The number of nitrogens with one attached hydrogen (secondary N) is 2. The smallest absolute Gasteiger partial charge is 0.353 e. The van der Waals surface area contributed by atoms with Gasteiger partial charge in [0.25, 0.3) is 0 Å². The Morgan fingerprint density at radius 3 is 2.47 bits per heavy atom. The van der Waals surface area contributed by atoms with Crippen LogP contribution in [0.5, 0.6) is 0 Å². The van der Waals surface area contributed by atoms with Crippen molar-refractivity contribution in [1.82, 2.24) is 9.97 Å². The maximum Gasteiger partial charge on any atom is 0.353 e. The van der Waals surface area contributed by atoms with E-state index in [4.69, 9.17) is 4.74 Å². The third kappa shape index (κ3) is 4.46. The fourth-order valence-corrected chi connectivity index (χ4v) is 2.55. The summed E-state index contributed by atoms with van der Waals surface area (Å²) in [6.07, 6.45) is 1.05. The number of nitro groups is 1. The van der Waals surface area contributed by atoms with Crippen LogP contribution in [0.1, 0.15) is 17.3 Å². The van der Waals surface area contributed by atoms with Crippen molar-refractivity contribution in [1.29, 1.82) is 0 Å². The first-order valence-electron chi connectivity index (χ1n) is 8.65. The van der Waals surface area contributed by atoms with Gasteiger partial charge in [0, 0.05) is 11.8 Å². The third-order valence-corrected chi connectivity index (χ3v) is 3.86. The molecule has 0 radical (unpaired) electrons. The van der Waals surface area contributed by atoms with Gasteiger partial charge in [0.05, 0.1) is 22.8 Å². The Labute approximate surface area is 168 Å². The molecule has 2 N–H and O–H groups in total. The molecule has 0 spiro atoms. The molecule has 2 aromatic carbocycles. The Balaban J connectivity index is 1.99. The molecule has 0 unspecified atom stereocenters. The number of anilines is 4. The highest BCUT2D eigenvalue weighted by Crippen LogP contribution is 2.34. The molecule has 0 aliphatic heterocycles. The van der Waals surface area contributed by atoms with Gasteiger partial charge in [-0.1, -0.05) is 12.1 Å². The van der Waals surface area contributed by atoms with Gasteiger partial charge in [-0.15, -0.1) is 0 Å². The Kier molecular flexibility index (Phi) is 6.11. The third-order valence-electron chi connectivity index (χ3n) is 3.86. The van der Waals surface area contributed by atoms with Crippen molar-refractivity contribution < 1.29 is 23.2 Å². The molecule has 154 valence electrons. The predicted molar refractivity (Wildman–Crippen MR) is 104 cm³/mol. The fraction of sp³-hybridized carbons (Fsp3) is 0.105. The Morgan fingerprint density at radius 2 is 1.80 bits per heavy atom. The standard InChI is InChI=1S/C19H15F2N5O4/c1-2-30-19(27)12-5-3-4-6-15(12)25-18-16(26(28)29)17(22-10-23-18)24-11-7-8-13(20)14(21)9-11/h3-10H,2H2,1H3,(H2,22,23,24,25). The Hall–Kier alpha value is -4.15. The van der Waals surface area contributed by atoms with Crippen LogP contribution < -0.4 is 10.6 Å². The summed E-state index contributed by atoms with van der Waals surface area (Å²) in [6.45, 7) is 1.81. The highest BCUT2D eigenvalue weighted by atomic mass is 19.2. The lowest BCUT2D eigenvalue weighted by atomic mass is 10.2. The molecule has 0 aliphatic carbocycles. The van der Waals surface area contributed by atoms with Crippen molar-refractivity contribution in [2.75, 3.05) is 17.2 Å².